The molecule has 27 heavy (non-hydrogen) atoms. The van der Waals surface area contributed by atoms with Crippen LogP contribution in [0.4, 0.5) is 0 Å². The largest absolute Gasteiger partial charge is 0.459 e. The van der Waals surface area contributed by atoms with Gasteiger partial charge in [-0.15, -0.1) is 0 Å². The highest BCUT2D eigenvalue weighted by molar-refractivity contribution is 5.91. The van der Waals surface area contributed by atoms with Crippen molar-refractivity contribution in [3.8, 4) is 0 Å². The molecule has 0 atom stereocenters. The second-order valence-corrected chi connectivity index (χ2v) is 6.83. The van der Waals surface area contributed by atoms with Gasteiger partial charge in [-0.25, -0.2) is 0 Å². The van der Waals surface area contributed by atoms with E-state index >= 15 is 0 Å². The van der Waals surface area contributed by atoms with Crippen LogP contribution in [0, 0.1) is 0 Å². The first-order valence-electron chi connectivity index (χ1n) is 9.58. The van der Waals surface area contributed by atoms with Crippen LogP contribution in [0.25, 0.3) is 0 Å². The zero-order chi connectivity index (χ0) is 18.9. The van der Waals surface area contributed by atoms with Crippen LogP contribution in [0.5, 0.6) is 0 Å². The minimum Gasteiger partial charge on any atom is -0.459 e. The number of hydrogen-bond acceptors (Lipinski definition) is 4. The van der Waals surface area contributed by atoms with Crippen molar-refractivity contribution >= 4 is 11.8 Å². The van der Waals surface area contributed by atoms with Gasteiger partial charge in [0.05, 0.1) is 6.26 Å². The van der Waals surface area contributed by atoms with E-state index in [4.69, 9.17) is 4.42 Å². The number of hydrogen-bond donors (Lipinski definition) is 1. The number of rotatable bonds is 7. The zero-order valence-corrected chi connectivity index (χ0v) is 15.6. The van der Waals surface area contributed by atoms with Gasteiger partial charge in [0.2, 0.25) is 5.91 Å². The predicted molar refractivity (Wildman–Crippen MR) is 103 cm³/mol. The maximum atomic E-state index is 12.5. The van der Waals surface area contributed by atoms with Crippen LogP contribution >= 0.6 is 0 Å². The molecule has 1 aromatic carbocycles. The first kappa shape index (κ1) is 19.2. The Hall–Kier alpha value is -2.60. The lowest BCUT2D eigenvalue weighted by atomic mass is 10.2. The van der Waals surface area contributed by atoms with Crippen molar-refractivity contribution in [2.24, 2.45) is 0 Å². The molecule has 2 amide bonds. The van der Waals surface area contributed by atoms with Crippen molar-refractivity contribution in [1.82, 2.24) is 15.1 Å². The molecule has 0 spiro atoms. The highest BCUT2D eigenvalue weighted by Gasteiger charge is 2.19. The van der Waals surface area contributed by atoms with E-state index in [0.29, 0.717) is 25.1 Å². The fourth-order valence-corrected chi connectivity index (χ4v) is 3.31. The van der Waals surface area contributed by atoms with Crippen LogP contribution in [-0.4, -0.2) is 54.3 Å². The molecule has 0 bridgehead atoms. The highest BCUT2D eigenvalue weighted by atomic mass is 16.3. The summed E-state index contributed by atoms with van der Waals surface area (Å²) in [6.07, 6.45) is 3.55. The van der Waals surface area contributed by atoms with Gasteiger partial charge in [0.1, 0.15) is 0 Å². The Kier molecular flexibility index (Phi) is 7.04. The van der Waals surface area contributed by atoms with Gasteiger partial charge in [-0.1, -0.05) is 30.3 Å². The number of carbonyl (C=O) groups is 2. The molecule has 1 aromatic heterocycles. The molecule has 0 unspecified atom stereocenters. The molecule has 1 N–H and O–H groups in total. The highest BCUT2D eigenvalue weighted by Crippen LogP contribution is 2.10. The SMILES string of the molecule is O=C(NCCCC(=O)N1CCCN(Cc2ccccc2)CC1)c1ccco1. The maximum absolute atomic E-state index is 12.5. The van der Waals surface area contributed by atoms with E-state index in [-0.39, 0.29) is 11.8 Å². The Labute approximate surface area is 160 Å². The lowest BCUT2D eigenvalue weighted by Gasteiger charge is -2.22. The Morgan fingerprint density at radius 3 is 2.63 bits per heavy atom. The van der Waals surface area contributed by atoms with Gasteiger partial charge < -0.3 is 14.6 Å². The number of nitrogens with zero attached hydrogens (tertiary/aromatic N) is 2. The Bertz CT molecular complexity index is 716. The van der Waals surface area contributed by atoms with Crippen LogP contribution in [-0.2, 0) is 11.3 Å². The van der Waals surface area contributed by atoms with Gasteiger partial charge in [0, 0.05) is 45.7 Å². The number of carbonyl (C=O) groups excluding carboxylic acids is 2. The van der Waals surface area contributed by atoms with Crippen LogP contribution in [0.1, 0.15) is 35.4 Å². The molecule has 1 aliphatic heterocycles. The van der Waals surface area contributed by atoms with Gasteiger partial charge in [0.15, 0.2) is 5.76 Å². The molecule has 1 fully saturated rings. The Balaban J connectivity index is 1.36. The quantitative estimate of drug-likeness (QED) is 0.762. The summed E-state index contributed by atoms with van der Waals surface area (Å²) in [5.74, 6) is 0.231. The molecule has 144 valence electrons. The summed E-state index contributed by atoms with van der Waals surface area (Å²) >= 11 is 0. The van der Waals surface area contributed by atoms with E-state index in [1.165, 1.54) is 11.8 Å². The lowest BCUT2D eigenvalue weighted by Crippen LogP contribution is -2.35. The van der Waals surface area contributed by atoms with E-state index in [1.54, 1.807) is 12.1 Å². The minimum atomic E-state index is -0.237. The monoisotopic (exact) mass is 369 g/mol. The van der Waals surface area contributed by atoms with Crippen molar-refractivity contribution in [3.63, 3.8) is 0 Å². The third kappa shape index (κ3) is 5.96. The van der Waals surface area contributed by atoms with Crippen LogP contribution in [0.3, 0.4) is 0 Å². The molecule has 0 radical (unpaired) electrons. The summed E-state index contributed by atoms with van der Waals surface area (Å²) in [6.45, 7) is 4.89. The normalized spacial score (nSPS) is 15.3. The molecular weight excluding hydrogens is 342 g/mol. The van der Waals surface area contributed by atoms with Gasteiger partial charge in [-0.3, -0.25) is 14.5 Å². The molecule has 3 rings (SSSR count). The van der Waals surface area contributed by atoms with Crippen molar-refractivity contribution in [2.45, 2.75) is 25.8 Å². The summed E-state index contributed by atoms with van der Waals surface area (Å²) in [5.41, 5.74) is 1.31. The van der Waals surface area contributed by atoms with E-state index in [9.17, 15) is 9.59 Å². The van der Waals surface area contributed by atoms with Crippen LogP contribution < -0.4 is 5.32 Å². The summed E-state index contributed by atoms with van der Waals surface area (Å²) < 4.78 is 5.04. The van der Waals surface area contributed by atoms with Crippen LogP contribution in [0.2, 0.25) is 0 Å². The second kappa shape index (κ2) is 9.92. The van der Waals surface area contributed by atoms with Crippen molar-refractivity contribution in [2.75, 3.05) is 32.7 Å². The molecular formula is C21H27N3O3. The first-order chi connectivity index (χ1) is 13.2. The van der Waals surface area contributed by atoms with Crippen LogP contribution in [0.15, 0.2) is 53.1 Å². The van der Waals surface area contributed by atoms with Gasteiger partial charge in [0.25, 0.3) is 5.91 Å². The maximum Gasteiger partial charge on any atom is 0.286 e. The fourth-order valence-electron chi connectivity index (χ4n) is 3.31. The molecule has 1 aliphatic rings. The molecule has 2 heterocycles. The number of benzene rings is 1. The molecule has 1 saturated heterocycles. The van der Waals surface area contributed by atoms with E-state index in [0.717, 1.165) is 39.1 Å². The smallest absolute Gasteiger partial charge is 0.286 e. The third-order valence-corrected chi connectivity index (χ3v) is 4.79. The fraction of sp³-hybridized carbons (Fsp3) is 0.429. The predicted octanol–water partition coefficient (Wildman–Crippen LogP) is 2.52. The van der Waals surface area contributed by atoms with E-state index in [2.05, 4.69) is 34.5 Å². The molecule has 0 saturated carbocycles. The summed E-state index contributed by atoms with van der Waals surface area (Å²) in [4.78, 5) is 28.6. The number of amides is 2. The Morgan fingerprint density at radius 2 is 1.85 bits per heavy atom. The third-order valence-electron chi connectivity index (χ3n) is 4.79. The summed E-state index contributed by atoms with van der Waals surface area (Å²) in [7, 11) is 0. The molecule has 2 aromatic rings. The average Bonchev–Trinajstić information content (AvgIpc) is 3.13. The van der Waals surface area contributed by atoms with E-state index < -0.39 is 0 Å². The topological polar surface area (TPSA) is 65.8 Å². The Morgan fingerprint density at radius 1 is 1.00 bits per heavy atom. The first-order valence-corrected chi connectivity index (χ1v) is 9.58. The summed E-state index contributed by atoms with van der Waals surface area (Å²) in [5, 5.41) is 2.78. The number of nitrogens with one attached hydrogen (secondary N) is 1. The number of furan rings is 1. The average molecular weight is 369 g/mol. The zero-order valence-electron chi connectivity index (χ0n) is 15.6. The van der Waals surface area contributed by atoms with Crippen molar-refractivity contribution in [1.29, 1.82) is 0 Å². The van der Waals surface area contributed by atoms with Gasteiger partial charge >= 0.3 is 0 Å². The van der Waals surface area contributed by atoms with E-state index in [1.807, 2.05) is 11.0 Å². The second-order valence-electron chi connectivity index (χ2n) is 6.83. The minimum absolute atomic E-state index is 0.170. The molecule has 6 heteroatoms. The lowest BCUT2D eigenvalue weighted by molar-refractivity contribution is -0.131. The summed E-state index contributed by atoms with van der Waals surface area (Å²) in [6, 6.07) is 13.7. The van der Waals surface area contributed by atoms with Crippen molar-refractivity contribution < 1.29 is 14.0 Å². The molecule has 6 nitrogen and oxygen atoms in total. The standard InChI is InChI=1S/C21H27N3O3/c25-20(10-4-11-22-21(26)19-9-5-16-27-19)24-13-6-12-23(14-15-24)17-18-7-2-1-3-8-18/h1-3,5,7-9,16H,4,6,10-15,17H2,(H,22,26). The van der Waals surface area contributed by atoms with Crippen molar-refractivity contribution in [3.05, 3.63) is 60.1 Å². The van der Waals surface area contributed by atoms with Gasteiger partial charge in [-0.05, 0) is 30.5 Å². The molecule has 0 aliphatic carbocycles. The van der Waals surface area contributed by atoms with Gasteiger partial charge in [-0.2, -0.15) is 0 Å².